The lowest BCUT2D eigenvalue weighted by Gasteiger charge is -2.18. The molecule has 2 aromatic carbocycles. The van der Waals surface area contributed by atoms with E-state index in [0.29, 0.717) is 18.2 Å². The molecule has 0 atom stereocenters. The summed E-state index contributed by atoms with van der Waals surface area (Å²) in [7, 11) is 0. The fourth-order valence-electron chi connectivity index (χ4n) is 2.27. The van der Waals surface area contributed by atoms with Gasteiger partial charge in [-0.1, -0.05) is 30.3 Å². The highest BCUT2D eigenvalue weighted by atomic mass is 19.4. The first-order chi connectivity index (χ1) is 11.5. The largest absolute Gasteiger partial charge is 0.478 e. The van der Waals surface area contributed by atoms with Gasteiger partial charge in [-0.3, -0.25) is 0 Å². The Balaban J connectivity index is 2.69. The van der Waals surface area contributed by atoms with Crippen LogP contribution in [0.2, 0.25) is 0 Å². The average Bonchev–Trinajstić information content (AvgIpc) is 2.51. The second-order valence-corrected chi connectivity index (χ2v) is 5.02. The molecule has 0 saturated heterocycles. The number of carboxylic acid groups (broad SMARTS) is 1. The van der Waals surface area contributed by atoms with Gasteiger partial charge in [-0.2, -0.15) is 26.3 Å². The SMILES string of the molecule is O=C(O)C=Cc1ccc(-c2ccccc2C(F)(F)F)c(C(F)(F)F)c1. The van der Waals surface area contributed by atoms with Gasteiger partial charge in [0.2, 0.25) is 0 Å². The second-order valence-electron chi connectivity index (χ2n) is 5.02. The maximum Gasteiger partial charge on any atom is 0.417 e. The molecule has 2 aromatic rings. The number of carboxylic acids is 1. The van der Waals surface area contributed by atoms with Gasteiger partial charge >= 0.3 is 18.3 Å². The van der Waals surface area contributed by atoms with Crippen LogP contribution < -0.4 is 0 Å². The molecule has 0 radical (unpaired) electrons. The van der Waals surface area contributed by atoms with Gasteiger partial charge in [0.25, 0.3) is 0 Å². The molecule has 0 aromatic heterocycles. The summed E-state index contributed by atoms with van der Waals surface area (Å²) in [5.41, 5.74) is -3.79. The van der Waals surface area contributed by atoms with Crippen LogP contribution in [0.25, 0.3) is 17.2 Å². The summed E-state index contributed by atoms with van der Waals surface area (Å²) >= 11 is 0. The van der Waals surface area contributed by atoms with Gasteiger partial charge in [0.1, 0.15) is 0 Å². The number of alkyl halides is 6. The molecule has 2 rings (SSSR count). The van der Waals surface area contributed by atoms with Crippen molar-refractivity contribution in [3.63, 3.8) is 0 Å². The van der Waals surface area contributed by atoms with E-state index in [-0.39, 0.29) is 5.56 Å². The van der Waals surface area contributed by atoms with Crippen LogP contribution in [-0.4, -0.2) is 11.1 Å². The lowest BCUT2D eigenvalue weighted by Crippen LogP contribution is -2.11. The third-order valence-corrected chi connectivity index (χ3v) is 3.29. The van der Waals surface area contributed by atoms with Gasteiger partial charge in [0, 0.05) is 6.08 Å². The first-order valence-corrected chi connectivity index (χ1v) is 6.79. The standard InChI is InChI=1S/C17H10F6O2/c18-16(19,20)13-4-2-1-3-11(13)12-7-5-10(6-8-15(24)25)9-14(12)17(21,22)23/h1-9H,(H,24,25). The minimum absolute atomic E-state index is 0.0945. The Morgan fingerprint density at radius 2 is 1.40 bits per heavy atom. The highest BCUT2D eigenvalue weighted by molar-refractivity contribution is 5.85. The van der Waals surface area contributed by atoms with Crippen molar-refractivity contribution >= 4 is 12.0 Å². The van der Waals surface area contributed by atoms with Crippen LogP contribution in [0.4, 0.5) is 26.3 Å². The van der Waals surface area contributed by atoms with Crippen LogP contribution in [0.3, 0.4) is 0 Å². The highest BCUT2D eigenvalue weighted by Crippen LogP contribution is 2.42. The molecule has 0 aliphatic carbocycles. The zero-order valence-corrected chi connectivity index (χ0v) is 12.3. The van der Waals surface area contributed by atoms with Crippen LogP contribution in [0, 0.1) is 0 Å². The van der Waals surface area contributed by atoms with E-state index in [9.17, 15) is 31.1 Å². The molecule has 2 nitrogen and oxygen atoms in total. The summed E-state index contributed by atoms with van der Waals surface area (Å²) in [5, 5.41) is 8.53. The zero-order valence-electron chi connectivity index (χ0n) is 12.3. The smallest absolute Gasteiger partial charge is 0.417 e. The summed E-state index contributed by atoms with van der Waals surface area (Å²) < 4.78 is 79.2. The Morgan fingerprint density at radius 3 is 1.96 bits per heavy atom. The molecule has 8 heteroatoms. The minimum Gasteiger partial charge on any atom is -0.478 e. The van der Waals surface area contributed by atoms with Crippen LogP contribution in [0.5, 0.6) is 0 Å². The lowest BCUT2D eigenvalue weighted by molar-refractivity contribution is -0.139. The van der Waals surface area contributed by atoms with Gasteiger partial charge in [-0.05, 0) is 34.9 Å². The topological polar surface area (TPSA) is 37.3 Å². The summed E-state index contributed by atoms with van der Waals surface area (Å²) in [6.45, 7) is 0. The monoisotopic (exact) mass is 360 g/mol. The Morgan fingerprint density at radius 1 is 0.840 bits per heavy atom. The van der Waals surface area contributed by atoms with Crippen molar-refractivity contribution < 1.29 is 36.2 Å². The molecule has 0 aliphatic rings. The quantitative estimate of drug-likeness (QED) is 0.581. The molecule has 0 saturated carbocycles. The summed E-state index contributed by atoms with van der Waals surface area (Å²) in [6, 6.07) is 6.59. The van der Waals surface area contributed by atoms with Gasteiger partial charge < -0.3 is 5.11 Å². The van der Waals surface area contributed by atoms with Crippen molar-refractivity contribution in [3.8, 4) is 11.1 Å². The maximum atomic E-state index is 13.3. The van der Waals surface area contributed by atoms with E-state index in [1.165, 1.54) is 6.07 Å². The fraction of sp³-hybridized carbons (Fsp3) is 0.118. The zero-order chi connectivity index (χ0) is 18.8. The van der Waals surface area contributed by atoms with Gasteiger partial charge in [-0.25, -0.2) is 4.79 Å². The fourth-order valence-corrected chi connectivity index (χ4v) is 2.27. The van der Waals surface area contributed by atoms with E-state index in [4.69, 9.17) is 5.11 Å². The predicted octanol–water partition coefficient (Wildman–Crippen LogP) is 5.49. The molecule has 0 spiro atoms. The number of benzene rings is 2. The van der Waals surface area contributed by atoms with E-state index in [1.54, 1.807) is 0 Å². The van der Waals surface area contributed by atoms with Crippen LogP contribution in [0.15, 0.2) is 48.5 Å². The van der Waals surface area contributed by atoms with Gasteiger partial charge in [0.05, 0.1) is 11.1 Å². The molecular weight excluding hydrogens is 350 g/mol. The summed E-state index contributed by atoms with van der Waals surface area (Å²) in [4.78, 5) is 10.5. The number of hydrogen-bond donors (Lipinski definition) is 1. The van der Waals surface area contributed by atoms with Gasteiger partial charge in [-0.15, -0.1) is 0 Å². The summed E-state index contributed by atoms with van der Waals surface area (Å²) in [5.74, 6) is -1.36. The third kappa shape index (κ3) is 4.40. The molecule has 0 bridgehead atoms. The number of aliphatic carboxylic acids is 1. The maximum absolute atomic E-state index is 13.3. The molecule has 132 valence electrons. The van der Waals surface area contributed by atoms with E-state index < -0.39 is 40.6 Å². The van der Waals surface area contributed by atoms with Crippen LogP contribution in [0.1, 0.15) is 16.7 Å². The molecule has 0 aliphatic heterocycles. The number of hydrogen-bond acceptors (Lipinski definition) is 1. The van der Waals surface area contributed by atoms with Crippen LogP contribution in [-0.2, 0) is 17.1 Å². The first kappa shape index (κ1) is 18.6. The molecule has 0 amide bonds. The summed E-state index contributed by atoms with van der Waals surface area (Å²) in [6.07, 6.45) is -8.17. The molecule has 0 heterocycles. The lowest BCUT2D eigenvalue weighted by atomic mass is 9.93. The normalized spacial score (nSPS) is 12.6. The Kier molecular flexibility index (Phi) is 4.92. The first-order valence-electron chi connectivity index (χ1n) is 6.79. The number of rotatable bonds is 3. The molecule has 0 fully saturated rings. The van der Waals surface area contributed by atoms with Crippen LogP contribution >= 0.6 is 0 Å². The second kappa shape index (κ2) is 6.62. The average molecular weight is 360 g/mol. The van der Waals surface area contributed by atoms with E-state index >= 15 is 0 Å². The third-order valence-electron chi connectivity index (χ3n) is 3.29. The van der Waals surface area contributed by atoms with E-state index in [0.717, 1.165) is 30.3 Å². The van der Waals surface area contributed by atoms with Crippen molar-refractivity contribution in [1.29, 1.82) is 0 Å². The predicted molar refractivity (Wildman–Crippen MR) is 78.6 cm³/mol. The van der Waals surface area contributed by atoms with Crippen molar-refractivity contribution in [3.05, 3.63) is 65.2 Å². The van der Waals surface area contributed by atoms with E-state index in [2.05, 4.69) is 0 Å². The van der Waals surface area contributed by atoms with Crippen molar-refractivity contribution in [1.82, 2.24) is 0 Å². The number of carbonyl (C=O) groups is 1. The molecule has 1 N–H and O–H groups in total. The van der Waals surface area contributed by atoms with Crippen molar-refractivity contribution in [2.75, 3.05) is 0 Å². The highest BCUT2D eigenvalue weighted by Gasteiger charge is 2.38. The Bertz CT molecular complexity index is 819. The molecule has 0 unspecified atom stereocenters. The van der Waals surface area contributed by atoms with Crippen molar-refractivity contribution in [2.24, 2.45) is 0 Å². The Hall–Kier alpha value is -2.77. The minimum atomic E-state index is -4.92. The van der Waals surface area contributed by atoms with Gasteiger partial charge in [0.15, 0.2) is 0 Å². The molecular formula is C17H10F6O2. The Labute approximate surface area is 138 Å². The molecule has 25 heavy (non-hydrogen) atoms. The van der Waals surface area contributed by atoms with Crippen molar-refractivity contribution in [2.45, 2.75) is 12.4 Å². The van der Waals surface area contributed by atoms with E-state index in [1.807, 2.05) is 0 Å². The number of halogens is 6.